The van der Waals surface area contributed by atoms with Crippen LogP contribution >= 0.6 is 11.3 Å². The number of benzene rings is 2. The maximum absolute atomic E-state index is 13.5. The number of hydrogen-bond donors (Lipinski definition) is 1. The fourth-order valence-corrected chi connectivity index (χ4v) is 4.55. The van der Waals surface area contributed by atoms with Gasteiger partial charge >= 0.3 is 5.69 Å². The van der Waals surface area contributed by atoms with Crippen LogP contribution in [0.4, 0.5) is 4.39 Å². The number of H-pyrrole nitrogens is 1. The molecule has 5 nitrogen and oxygen atoms in total. The van der Waals surface area contributed by atoms with Crippen molar-refractivity contribution in [3.05, 3.63) is 90.7 Å². The monoisotopic (exact) mass is 422 g/mol. The highest BCUT2D eigenvalue weighted by atomic mass is 32.1. The molecule has 7 heteroatoms. The van der Waals surface area contributed by atoms with Gasteiger partial charge in [0.25, 0.3) is 5.56 Å². The second-order valence-electron chi connectivity index (χ2n) is 7.31. The topological polar surface area (TPSA) is 71.9 Å². The quantitative estimate of drug-likeness (QED) is 0.497. The molecule has 0 spiro atoms. The minimum absolute atomic E-state index is 0.251. The van der Waals surface area contributed by atoms with Gasteiger partial charge in [0, 0.05) is 16.0 Å². The summed E-state index contributed by atoms with van der Waals surface area (Å²) in [6, 6.07) is 11.8. The predicted octanol–water partition coefficient (Wildman–Crippen LogP) is 4.37. The summed E-state index contributed by atoms with van der Waals surface area (Å²) in [5.74, 6) is -0.853. The smallest absolute Gasteiger partial charge is 0.298 e. The number of thiophene rings is 1. The maximum Gasteiger partial charge on any atom is 0.329 e. The lowest BCUT2D eigenvalue weighted by Gasteiger charge is -2.07. The summed E-state index contributed by atoms with van der Waals surface area (Å²) in [5.41, 5.74) is 2.16. The van der Waals surface area contributed by atoms with Crippen molar-refractivity contribution < 1.29 is 9.18 Å². The van der Waals surface area contributed by atoms with E-state index in [4.69, 9.17) is 0 Å². The zero-order valence-electron chi connectivity index (χ0n) is 16.7. The van der Waals surface area contributed by atoms with Gasteiger partial charge in [-0.1, -0.05) is 29.8 Å². The normalized spacial score (nSPS) is 11.2. The molecule has 0 bridgehead atoms. The van der Waals surface area contributed by atoms with Crippen LogP contribution in [0.3, 0.4) is 0 Å². The number of hydrogen-bond acceptors (Lipinski definition) is 4. The molecule has 0 radical (unpaired) electrons. The molecule has 1 N–H and O–H groups in total. The summed E-state index contributed by atoms with van der Waals surface area (Å²) in [6.45, 7) is 5.01. The van der Waals surface area contributed by atoms with Crippen LogP contribution in [0.5, 0.6) is 0 Å². The fraction of sp³-hybridized carbons (Fsp3) is 0.174. The highest BCUT2D eigenvalue weighted by molar-refractivity contribution is 7.19. The molecule has 0 unspecified atom stereocenters. The Morgan fingerprint density at radius 3 is 2.43 bits per heavy atom. The number of carbonyl (C=O) groups excluding carboxylic acids is 1. The number of aryl methyl sites for hydroxylation is 3. The van der Waals surface area contributed by atoms with E-state index >= 15 is 0 Å². The van der Waals surface area contributed by atoms with Gasteiger partial charge in [0.1, 0.15) is 10.6 Å². The van der Waals surface area contributed by atoms with Gasteiger partial charge in [-0.05, 0) is 50.1 Å². The summed E-state index contributed by atoms with van der Waals surface area (Å²) < 4.78 is 14.4. The van der Waals surface area contributed by atoms with E-state index in [9.17, 15) is 18.8 Å². The van der Waals surface area contributed by atoms with Gasteiger partial charge in [0.15, 0.2) is 5.78 Å². The first-order valence-electron chi connectivity index (χ1n) is 9.39. The Labute approximate surface area is 175 Å². The van der Waals surface area contributed by atoms with Crippen molar-refractivity contribution >= 4 is 27.3 Å². The molecule has 30 heavy (non-hydrogen) atoms. The van der Waals surface area contributed by atoms with Crippen LogP contribution in [0, 0.1) is 26.6 Å². The molecule has 4 rings (SSSR count). The van der Waals surface area contributed by atoms with Crippen molar-refractivity contribution in [3.63, 3.8) is 0 Å². The van der Waals surface area contributed by atoms with Gasteiger partial charge in [-0.25, -0.2) is 9.18 Å². The molecule has 0 atom stereocenters. The van der Waals surface area contributed by atoms with Gasteiger partial charge in [0.05, 0.1) is 11.9 Å². The number of ketones is 1. The van der Waals surface area contributed by atoms with E-state index in [0.29, 0.717) is 15.8 Å². The highest BCUT2D eigenvalue weighted by Gasteiger charge is 2.20. The number of aromatic amines is 1. The Kier molecular flexibility index (Phi) is 4.99. The van der Waals surface area contributed by atoms with Gasteiger partial charge in [0.2, 0.25) is 0 Å². The third-order valence-corrected chi connectivity index (χ3v) is 6.15. The molecule has 152 valence electrons. The van der Waals surface area contributed by atoms with Crippen molar-refractivity contribution in [1.82, 2.24) is 9.55 Å². The summed E-state index contributed by atoms with van der Waals surface area (Å²) in [7, 11) is 0. The first-order chi connectivity index (χ1) is 14.3. The lowest BCUT2D eigenvalue weighted by molar-refractivity contribution is 0.0969. The molecule has 0 amide bonds. The van der Waals surface area contributed by atoms with Gasteiger partial charge in [-0.2, -0.15) is 0 Å². The van der Waals surface area contributed by atoms with Crippen LogP contribution in [-0.2, 0) is 6.54 Å². The van der Waals surface area contributed by atoms with Gasteiger partial charge in [-0.15, -0.1) is 11.3 Å². The molecule has 2 aromatic heterocycles. The SMILES string of the molecule is Cc1ccc(-c2c(C)sc3[nH]c(=O)n(CC(=O)c4ccc(F)c(C)c4)c(=O)c23)cc1. The van der Waals surface area contributed by atoms with Crippen LogP contribution in [0.25, 0.3) is 21.3 Å². The van der Waals surface area contributed by atoms with Crippen LogP contribution in [-0.4, -0.2) is 15.3 Å². The number of fused-ring (bicyclic) bond motifs is 1. The van der Waals surface area contributed by atoms with E-state index < -0.39 is 29.4 Å². The molecular formula is C23H19FN2O3S. The minimum Gasteiger partial charge on any atom is -0.298 e. The standard InChI is InChI=1S/C23H19FN2O3S/c1-12-4-6-15(7-5-12)19-14(3)30-21-20(19)22(28)26(23(29)25-21)11-18(27)16-8-9-17(24)13(2)10-16/h4-10H,11H2,1-3H3,(H,25,29). The van der Waals surface area contributed by atoms with Gasteiger partial charge in [-0.3, -0.25) is 19.1 Å². The first kappa shape index (κ1) is 20.0. The third-order valence-electron chi connectivity index (χ3n) is 5.13. The summed E-state index contributed by atoms with van der Waals surface area (Å²) in [6.07, 6.45) is 0. The molecule has 0 fully saturated rings. The first-order valence-corrected chi connectivity index (χ1v) is 10.2. The molecule has 2 aromatic carbocycles. The number of rotatable bonds is 4. The van der Waals surface area contributed by atoms with E-state index in [2.05, 4.69) is 4.98 Å². The second kappa shape index (κ2) is 7.50. The van der Waals surface area contributed by atoms with Crippen LogP contribution in [0.1, 0.15) is 26.4 Å². The number of nitrogens with one attached hydrogen (secondary N) is 1. The Balaban J connectivity index is 1.85. The van der Waals surface area contributed by atoms with E-state index in [1.807, 2.05) is 38.1 Å². The van der Waals surface area contributed by atoms with Crippen molar-refractivity contribution in [1.29, 1.82) is 0 Å². The fourth-order valence-electron chi connectivity index (χ4n) is 3.49. The largest absolute Gasteiger partial charge is 0.329 e. The zero-order valence-corrected chi connectivity index (χ0v) is 17.5. The Hall–Kier alpha value is -3.32. The Morgan fingerprint density at radius 1 is 1.07 bits per heavy atom. The highest BCUT2D eigenvalue weighted by Crippen LogP contribution is 2.35. The maximum atomic E-state index is 13.5. The number of carbonyl (C=O) groups is 1. The van der Waals surface area contributed by atoms with E-state index in [-0.39, 0.29) is 5.56 Å². The van der Waals surface area contributed by atoms with Crippen molar-refractivity contribution in [2.75, 3.05) is 0 Å². The number of Topliss-reactive ketones (excluding diaryl/α,β-unsaturated/α-hetero) is 1. The number of halogens is 1. The molecule has 4 aromatic rings. The summed E-state index contributed by atoms with van der Waals surface area (Å²) in [5, 5.41) is 0.393. The second-order valence-corrected chi connectivity index (χ2v) is 8.54. The molecule has 2 heterocycles. The van der Waals surface area contributed by atoms with Gasteiger partial charge < -0.3 is 0 Å². The zero-order chi connectivity index (χ0) is 21.6. The average molecular weight is 422 g/mol. The Bertz CT molecular complexity index is 1410. The molecular weight excluding hydrogens is 403 g/mol. The van der Waals surface area contributed by atoms with E-state index in [1.165, 1.54) is 29.5 Å². The predicted molar refractivity (Wildman–Crippen MR) is 117 cm³/mol. The average Bonchev–Trinajstić information content (AvgIpc) is 3.03. The van der Waals surface area contributed by atoms with Crippen LogP contribution < -0.4 is 11.2 Å². The lowest BCUT2D eigenvalue weighted by Crippen LogP contribution is -2.37. The number of aromatic nitrogens is 2. The summed E-state index contributed by atoms with van der Waals surface area (Å²) >= 11 is 1.34. The van der Waals surface area contributed by atoms with Crippen molar-refractivity contribution in [2.45, 2.75) is 27.3 Å². The number of nitrogens with zero attached hydrogens (tertiary/aromatic N) is 1. The Morgan fingerprint density at radius 2 is 1.77 bits per heavy atom. The molecule has 0 aliphatic rings. The molecule has 0 saturated heterocycles. The van der Waals surface area contributed by atoms with E-state index in [1.54, 1.807) is 6.92 Å². The van der Waals surface area contributed by atoms with Crippen LogP contribution in [0.2, 0.25) is 0 Å². The molecule has 0 aliphatic carbocycles. The minimum atomic E-state index is -0.642. The third kappa shape index (κ3) is 3.41. The summed E-state index contributed by atoms with van der Waals surface area (Å²) in [4.78, 5) is 42.6. The lowest BCUT2D eigenvalue weighted by atomic mass is 10.0. The molecule has 0 saturated carbocycles. The molecule has 0 aliphatic heterocycles. The van der Waals surface area contributed by atoms with Crippen molar-refractivity contribution in [2.24, 2.45) is 0 Å². The van der Waals surface area contributed by atoms with E-state index in [0.717, 1.165) is 26.1 Å². The van der Waals surface area contributed by atoms with Crippen molar-refractivity contribution in [3.8, 4) is 11.1 Å². The van der Waals surface area contributed by atoms with Crippen LogP contribution in [0.15, 0.2) is 52.1 Å².